The summed E-state index contributed by atoms with van der Waals surface area (Å²) in [6.07, 6.45) is 0. The number of hydrogen-bond donors (Lipinski definition) is 0. The Hall–Kier alpha value is 0.420. The summed E-state index contributed by atoms with van der Waals surface area (Å²) in [6.45, 7) is 0. The number of hydrogen-bond acceptors (Lipinski definition) is 2. The Bertz CT molecular complexity index is 393. The minimum Gasteiger partial charge on any atom is -0.465 e. The van der Waals surface area contributed by atoms with Crippen LogP contribution in [0.1, 0.15) is 10.4 Å². The Kier molecular flexibility index (Phi) is 4.43. The van der Waals surface area contributed by atoms with E-state index in [2.05, 4.69) is 52.5 Å². The van der Waals surface area contributed by atoms with Crippen molar-refractivity contribution in [3.63, 3.8) is 0 Å². The van der Waals surface area contributed by atoms with Gasteiger partial charge in [0.05, 0.1) is 22.2 Å². The van der Waals surface area contributed by atoms with Crippen molar-refractivity contribution < 1.29 is 9.53 Å². The maximum atomic E-state index is 11.4. The van der Waals surface area contributed by atoms with Crippen molar-refractivity contribution in [2.45, 2.75) is 0 Å². The first kappa shape index (κ1) is 12.5. The first-order valence-corrected chi connectivity index (χ1v) is 6.16. The second-order valence-electron chi connectivity index (χ2n) is 2.33. The molecule has 76 valence electrons. The monoisotopic (exact) mass is 404 g/mol. The Morgan fingerprint density at radius 3 is 2.43 bits per heavy atom. The molecule has 0 aromatic heterocycles. The summed E-state index contributed by atoms with van der Waals surface area (Å²) in [7, 11) is 1.32. The lowest BCUT2D eigenvalue weighted by Gasteiger charge is -2.08. The zero-order chi connectivity index (χ0) is 10.9. The standard InChI is InChI=1S/C8H4Br3ClO2/c1-14-8(13)5-3(9)2-4(12)6(10)7(5)11/h2H,1H3. The van der Waals surface area contributed by atoms with Gasteiger partial charge in [-0.25, -0.2) is 4.79 Å². The lowest BCUT2D eigenvalue weighted by atomic mass is 10.2. The van der Waals surface area contributed by atoms with Crippen molar-refractivity contribution >= 4 is 65.4 Å². The van der Waals surface area contributed by atoms with Crippen LogP contribution in [0.3, 0.4) is 0 Å². The zero-order valence-corrected chi connectivity index (χ0v) is 12.4. The maximum absolute atomic E-state index is 11.4. The highest BCUT2D eigenvalue weighted by Crippen LogP contribution is 2.38. The first-order chi connectivity index (χ1) is 6.49. The van der Waals surface area contributed by atoms with E-state index in [0.717, 1.165) is 0 Å². The molecule has 2 nitrogen and oxygen atoms in total. The largest absolute Gasteiger partial charge is 0.465 e. The van der Waals surface area contributed by atoms with Crippen LogP contribution >= 0.6 is 59.4 Å². The molecule has 0 saturated carbocycles. The predicted molar refractivity (Wildman–Crippen MR) is 65.9 cm³/mol. The molecule has 0 aliphatic carbocycles. The molecular weight excluding hydrogens is 403 g/mol. The normalized spacial score (nSPS) is 10.1. The van der Waals surface area contributed by atoms with E-state index in [-0.39, 0.29) is 0 Å². The molecule has 0 atom stereocenters. The molecule has 1 aromatic carbocycles. The van der Waals surface area contributed by atoms with Crippen molar-refractivity contribution in [3.05, 3.63) is 30.1 Å². The number of benzene rings is 1. The van der Waals surface area contributed by atoms with Crippen LogP contribution in [-0.4, -0.2) is 13.1 Å². The average Bonchev–Trinajstić information content (AvgIpc) is 2.14. The summed E-state index contributed by atoms with van der Waals surface area (Å²) >= 11 is 15.6. The van der Waals surface area contributed by atoms with Gasteiger partial charge in [0, 0.05) is 8.95 Å². The van der Waals surface area contributed by atoms with Gasteiger partial charge in [-0.3, -0.25) is 0 Å². The van der Waals surface area contributed by atoms with E-state index in [9.17, 15) is 4.79 Å². The minimum absolute atomic E-state index is 0.406. The molecule has 0 spiro atoms. The van der Waals surface area contributed by atoms with E-state index in [0.29, 0.717) is 24.0 Å². The average molecular weight is 407 g/mol. The molecule has 0 amide bonds. The van der Waals surface area contributed by atoms with Gasteiger partial charge in [-0.2, -0.15) is 0 Å². The van der Waals surface area contributed by atoms with Gasteiger partial charge in [0.15, 0.2) is 0 Å². The molecule has 0 bridgehead atoms. The first-order valence-electron chi connectivity index (χ1n) is 3.40. The fourth-order valence-electron chi connectivity index (χ4n) is 0.855. The lowest BCUT2D eigenvalue weighted by Crippen LogP contribution is -2.04. The number of methoxy groups -OCH3 is 1. The highest BCUT2D eigenvalue weighted by molar-refractivity contribution is 9.13. The van der Waals surface area contributed by atoms with E-state index >= 15 is 0 Å². The summed E-state index contributed by atoms with van der Waals surface area (Å²) < 4.78 is 6.42. The van der Waals surface area contributed by atoms with Gasteiger partial charge in [0.2, 0.25) is 0 Å². The van der Waals surface area contributed by atoms with Crippen molar-refractivity contribution in [2.75, 3.05) is 7.11 Å². The number of carbonyl (C=O) groups is 1. The van der Waals surface area contributed by atoms with Gasteiger partial charge in [0.1, 0.15) is 0 Å². The highest BCUT2D eigenvalue weighted by atomic mass is 79.9. The summed E-state index contributed by atoms with van der Waals surface area (Å²) in [4.78, 5) is 11.4. The number of rotatable bonds is 1. The van der Waals surface area contributed by atoms with Gasteiger partial charge in [-0.1, -0.05) is 11.6 Å². The number of ether oxygens (including phenoxy) is 1. The quantitative estimate of drug-likeness (QED) is 0.392. The number of esters is 1. The molecule has 0 N–H and O–H groups in total. The van der Waals surface area contributed by atoms with Crippen molar-refractivity contribution in [2.24, 2.45) is 0 Å². The van der Waals surface area contributed by atoms with Crippen molar-refractivity contribution in [1.82, 2.24) is 0 Å². The zero-order valence-electron chi connectivity index (χ0n) is 6.91. The lowest BCUT2D eigenvalue weighted by molar-refractivity contribution is 0.0598. The molecule has 14 heavy (non-hydrogen) atoms. The van der Waals surface area contributed by atoms with Gasteiger partial charge < -0.3 is 4.74 Å². The van der Waals surface area contributed by atoms with Crippen molar-refractivity contribution in [1.29, 1.82) is 0 Å². The Morgan fingerprint density at radius 1 is 1.36 bits per heavy atom. The third kappa shape index (κ3) is 2.32. The summed E-state index contributed by atoms with van der Waals surface area (Å²) in [5.41, 5.74) is 0.406. The van der Waals surface area contributed by atoms with Gasteiger partial charge in [-0.15, -0.1) is 0 Å². The van der Waals surface area contributed by atoms with Crippen LogP contribution in [0, 0.1) is 0 Å². The molecule has 1 aromatic rings. The molecular formula is C8H4Br3ClO2. The van der Waals surface area contributed by atoms with E-state index in [1.54, 1.807) is 6.07 Å². The SMILES string of the molecule is COC(=O)c1c(Br)cc(Cl)c(Br)c1Br. The van der Waals surface area contributed by atoms with E-state index in [1.165, 1.54) is 7.11 Å². The Morgan fingerprint density at radius 2 is 1.93 bits per heavy atom. The van der Waals surface area contributed by atoms with Gasteiger partial charge >= 0.3 is 5.97 Å². The molecule has 0 saturated heterocycles. The fourth-order valence-corrected chi connectivity index (χ4v) is 3.06. The van der Waals surface area contributed by atoms with Crippen molar-refractivity contribution in [3.8, 4) is 0 Å². The summed E-state index contributed by atoms with van der Waals surface area (Å²) in [5, 5.41) is 0.511. The maximum Gasteiger partial charge on any atom is 0.340 e. The third-order valence-electron chi connectivity index (χ3n) is 1.50. The summed E-state index contributed by atoms with van der Waals surface area (Å²) in [5.74, 6) is -0.430. The summed E-state index contributed by atoms with van der Waals surface area (Å²) in [6, 6.07) is 1.63. The van der Waals surface area contributed by atoms with Crippen LogP contribution in [0.2, 0.25) is 5.02 Å². The molecule has 0 aliphatic rings. The molecule has 0 radical (unpaired) electrons. The van der Waals surface area contributed by atoms with Crippen LogP contribution in [-0.2, 0) is 4.74 Å². The highest BCUT2D eigenvalue weighted by Gasteiger charge is 2.19. The van der Waals surface area contributed by atoms with Gasteiger partial charge in [0.25, 0.3) is 0 Å². The van der Waals surface area contributed by atoms with Crippen LogP contribution in [0.4, 0.5) is 0 Å². The number of halogens is 4. The Balaban J connectivity index is 3.44. The smallest absolute Gasteiger partial charge is 0.340 e. The minimum atomic E-state index is -0.430. The second-order valence-corrected chi connectivity index (χ2v) is 5.18. The van der Waals surface area contributed by atoms with E-state index < -0.39 is 5.97 Å². The molecule has 0 aliphatic heterocycles. The van der Waals surface area contributed by atoms with E-state index in [1.807, 2.05) is 0 Å². The molecule has 6 heteroatoms. The molecule has 0 heterocycles. The molecule has 0 fully saturated rings. The van der Waals surface area contributed by atoms with Gasteiger partial charge in [-0.05, 0) is 53.9 Å². The topological polar surface area (TPSA) is 26.3 Å². The third-order valence-corrected chi connectivity index (χ3v) is 4.80. The number of carbonyl (C=O) groups excluding carboxylic acids is 1. The van der Waals surface area contributed by atoms with E-state index in [4.69, 9.17) is 11.6 Å². The molecule has 0 unspecified atom stereocenters. The second kappa shape index (κ2) is 4.96. The van der Waals surface area contributed by atoms with Crippen LogP contribution in [0.5, 0.6) is 0 Å². The van der Waals surface area contributed by atoms with Crippen LogP contribution in [0.25, 0.3) is 0 Å². The fraction of sp³-hybridized carbons (Fsp3) is 0.125. The van der Waals surface area contributed by atoms with Crippen LogP contribution < -0.4 is 0 Å². The predicted octanol–water partition coefficient (Wildman–Crippen LogP) is 4.41. The molecule has 1 rings (SSSR count). The van der Waals surface area contributed by atoms with Crippen LogP contribution in [0.15, 0.2) is 19.5 Å². The Labute approximate surface area is 111 Å².